The molecule has 0 aliphatic carbocycles. The van der Waals surface area contributed by atoms with Crippen molar-refractivity contribution in [2.75, 3.05) is 38.2 Å². The fourth-order valence-electron chi connectivity index (χ4n) is 3.72. The smallest absolute Gasteiger partial charge is 0.255 e. The van der Waals surface area contributed by atoms with Gasteiger partial charge in [0.15, 0.2) is 0 Å². The summed E-state index contributed by atoms with van der Waals surface area (Å²) in [6.45, 7) is 4.20. The predicted molar refractivity (Wildman–Crippen MR) is 131 cm³/mol. The molecule has 0 saturated carbocycles. The van der Waals surface area contributed by atoms with Crippen molar-refractivity contribution >= 4 is 39.1 Å². The summed E-state index contributed by atoms with van der Waals surface area (Å²) < 4.78 is 32.5. The summed E-state index contributed by atoms with van der Waals surface area (Å²) in [6.07, 6.45) is 1.67. The van der Waals surface area contributed by atoms with Gasteiger partial charge in [0, 0.05) is 44.5 Å². The van der Waals surface area contributed by atoms with Crippen molar-refractivity contribution in [2.24, 2.45) is 5.92 Å². The van der Waals surface area contributed by atoms with Gasteiger partial charge < -0.3 is 15.0 Å². The number of carbonyl (C=O) groups is 2. The van der Waals surface area contributed by atoms with Crippen molar-refractivity contribution in [1.29, 1.82) is 0 Å². The number of ether oxygens (including phenoxy) is 1. The molecule has 8 nitrogen and oxygen atoms in total. The van der Waals surface area contributed by atoms with Gasteiger partial charge in [-0.3, -0.25) is 9.59 Å². The number of halogens is 1. The Kier molecular flexibility index (Phi) is 9.46. The third kappa shape index (κ3) is 7.02. The molecule has 2 aromatic rings. The maximum atomic E-state index is 12.7. The Morgan fingerprint density at radius 3 is 2.41 bits per heavy atom. The number of anilines is 1. The molecular formula is C24H30ClN3O5S. The van der Waals surface area contributed by atoms with E-state index in [0.717, 1.165) is 0 Å². The number of hydrogen-bond donors (Lipinski definition) is 2. The van der Waals surface area contributed by atoms with Gasteiger partial charge in [0.1, 0.15) is 0 Å². The standard InChI is InChI=1S/C24H30ClN3O5S/c1-2-33-17-5-14-26-34(31,32)20-10-8-19(9-11-20)27-23(29)18-12-15-28(16-13-18)24(30)21-6-3-4-7-22(21)25/h3-4,6-11,18,26H,2,5,12-17H2,1H3,(H,27,29). The molecular weight excluding hydrogens is 478 g/mol. The van der Waals surface area contributed by atoms with E-state index in [1.165, 1.54) is 12.1 Å². The molecule has 1 fully saturated rings. The minimum Gasteiger partial charge on any atom is -0.382 e. The lowest BCUT2D eigenvalue weighted by atomic mass is 9.95. The van der Waals surface area contributed by atoms with Gasteiger partial charge in [-0.25, -0.2) is 13.1 Å². The van der Waals surface area contributed by atoms with Crippen LogP contribution in [0.25, 0.3) is 0 Å². The summed E-state index contributed by atoms with van der Waals surface area (Å²) in [7, 11) is -3.62. The van der Waals surface area contributed by atoms with Crippen LogP contribution in [0.15, 0.2) is 53.4 Å². The Morgan fingerprint density at radius 1 is 1.09 bits per heavy atom. The third-order valence-corrected chi connectivity index (χ3v) is 7.46. The molecule has 0 unspecified atom stereocenters. The van der Waals surface area contributed by atoms with E-state index in [1.54, 1.807) is 41.3 Å². The number of rotatable bonds is 10. The molecule has 2 aromatic carbocycles. The molecule has 1 aliphatic heterocycles. The first-order valence-corrected chi connectivity index (χ1v) is 13.2. The molecule has 0 aromatic heterocycles. The van der Waals surface area contributed by atoms with E-state index in [4.69, 9.17) is 16.3 Å². The van der Waals surface area contributed by atoms with E-state index in [1.807, 2.05) is 6.92 Å². The third-order valence-electron chi connectivity index (χ3n) is 5.65. The Labute approximate surface area is 205 Å². The average Bonchev–Trinajstić information content (AvgIpc) is 2.84. The van der Waals surface area contributed by atoms with Crippen molar-refractivity contribution in [3.63, 3.8) is 0 Å². The van der Waals surface area contributed by atoms with Crippen molar-refractivity contribution < 1.29 is 22.7 Å². The minimum atomic E-state index is -3.62. The number of nitrogens with one attached hydrogen (secondary N) is 2. The SMILES string of the molecule is CCOCCCNS(=O)(=O)c1ccc(NC(=O)C2CCN(C(=O)c3ccccc3Cl)CC2)cc1. The molecule has 34 heavy (non-hydrogen) atoms. The van der Waals surface area contributed by atoms with Crippen LogP contribution in [-0.4, -0.2) is 58.0 Å². The predicted octanol–water partition coefficient (Wildman–Crippen LogP) is 3.54. The number of nitrogens with zero attached hydrogens (tertiary/aromatic N) is 1. The van der Waals surface area contributed by atoms with Crippen molar-refractivity contribution in [3.8, 4) is 0 Å². The molecule has 0 radical (unpaired) electrons. The topological polar surface area (TPSA) is 105 Å². The zero-order valence-electron chi connectivity index (χ0n) is 19.1. The molecule has 2 N–H and O–H groups in total. The highest BCUT2D eigenvalue weighted by Gasteiger charge is 2.28. The van der Waals surface area contributed by atoms with Crippen LogP contribution in [0.5, 0.6) is 0 Å². The molecule has 0 spiro atoms. The van der Waals surface area contributed by atoms with E-state index in [-0.39, 0.29) is 22.6 Å². The van der Waals surface area contributed by atoms with E-state index in [2.05, 4.69) is 10.0 Å². The second-order valence-corrected chi connectivity index (χ2v) is 10.2. The van der Waals surface area contributed by atoms with E-state index in [9.17, 15) is 18.0 Å². The Bertz CT molecular complexity index is 1080. The highest BCUT2D eigenvalue weighted by Crippen LogP contribution is 2.24. The van der Waals surface area contributed by atoms with E-state index < -0.39 is 10.0 Å². The zero-order chi connectivity index (χ0) is 24.6. The number of sulfonamides is 1. The Hall–Kier alpha value is -2.46. The second-order valence-electron chi connectivity index (χ2n) is 8.01. The van der Waals surface area contributed by atoms with Gasteiger partial charge in [0.2, 0.25) is 15.9 Å². The van der Waals surface area contributed by atoms with Crippen LogP contribution in [0.3, 0.4) is 0 Å². The summed E-state index contributed by atoms with van der Waals surface area (Å²) in [6, 6.07) is 13.0. The first-order chi connectivity index (χ1) is 16.3. The van der Waals surface area contributed by atoms with Crippen LogP contribution in [0.2, 0.25) is 5.02 Å². The van der Waals surface area contributed by atoms with Gasteiger partial charge in [-0.05, 0) is 62.6 Å². The molecule has 2 amide bonds. The van der Waals surface area contributed by atoms with E-state index in [0.29, 0.717) is 68.4 Å². The van der Waals surface area contributed by atoms with Crippen LogP contribution in [-0.2, 0) is 19.6 Å². The number of carbonyl (C=O) groups excluding carboxylic acids is 2. The van der Waals surface area contributed by atoms with E-state index >= 15 is 0 Å². The number of piperidine rings is 1. The molecule has 1 heterocycles. The summed E-state index contributed by atoms with van der Waals surface area (Å²) >= 11 is 6.13. The minimum absolute atomic E-state index is 0.132. The maximum absolute atomic E-state index is 12.7. The Morgan fingerprint density at radius 2 is 1.76 bits per heavy atom. The lowest BCUT2D eigenvalue weighted by Gasteiger charge is -2.31. The first-order valence-electron chi connectivity index (χ1n) is 11.3. The molecule has 0 bridgehead atoms. The number of amides is 2. The first kappa shape index (κ1) is 26.2. The van der Waals surface area contributed by atoms with Gasteiger partial charge in [-0.15, -0.1) is 0 Å². The number of benzene rings is 2. The fraction of sp³-hybridized carbons (Fsp3) is 0.417. The van der Waals surface area contributed by atoms with Gasteiger partial charge >= 0.3 is 0 Å². The number of likely N-dealkylation sites (tertiary alicyclic amines) is 1. The quantitative estimate of drug-likeness (QED) is 0.479. The lowest BCUT2D eigenvalue weighted by molar-refractivity contribution is -0.121. The average molecular weight is 508 g/mol. The Balaban J connectivity index is 1.49. The largest absolute Gasteiger partial charge is 0.382 e. The van der Waals surface area contributed by atoms with Crippen molar-refractivity contribution in [2.45, 2.75) is 31.1 Å². The van der Waals surface area contributed by atoms with Crippen molar-refractivity contribution in [1.82, 2.24) is 9.62 Å². The fourth-order valence-corrected chi connectivity index (χ4v) is 5.01. The van der Waals surface area contributed by atoms with Crippen LogP contribution < -0.4 is 10.0 Å². The molecule has 184 valence electrons. The van der Waals surface area contributed by atoms with Crippen LogP contribution in [0.1, 0.15) is 36.5 Å². The van der Waals surface area contributed by atoms with Gasteiger partial charge in [-0.1, -0.05) is 23.7 Å². The number of hydrogen-bond acceptors (Lipinski definition) is 5. The summed E-state index contributed by atoms with van der Waals surface area (Å²) in [5.41, 5.74) is 0.987. The normalized spacial score (nSPS) is 14.7. The van der Waals surface area contributed by atoms with Crippen LogP contribution in [0.4, 0.5) is 5.69 Å². The molecule has 1 aliphatic rings. The van der Waals surface area contributed by atoms with Gasteiger partial charge in [0.05, 0.1) is 15.5 Å². The monoisotopic (exact) mass is 507 g/mol. The van der Waals surface area contributed by atoms with Crippen LogP contribution >= 0.6 is 11.6 Å². The van der Waals surface area contributed by atoms with Crippen LogP contribution in [0, 0.1) is 5.92 Å². The highest BCUT2D eigenvalue weighted by atomic mass is 35.5. The summed E-state index contributed by atoms with van der Waals surface area (Å²) in [4.78, 5) is 27.2. The summed E-state index contributed by atoms with van der Waals surface area (Å²) in [5, 5.41) is 3.26. The van der Waals surface area contributed by atoms with Gasteiger partial charge in [0.25, 0.3) is 5.91 Å². The molecule has 0 atom stereocenters. The summed E-state index contributed by atoms with van der Waals surface area (Å²) in [5.74, 6) is -0.507. The second kappa shape index (κ2) is 12.3. The molecule has 3 rings (SSSR count). The maximum Gasteiger partial charge on any atom is 0.255 e. The lowest BCUT2D eigenvalue weighted by Crippen LogP contribution is -2.41. The molecule has 10 heteroatoms. The highest BCUT2D eigenvalue weighted by molar-refractivity contribution is 7.89. The zero-order valence-corrected chi connectivity index (χ0v) is 20.7. The van der Waals surface area contributed by atoms with Crippen molar-refractivity contribution in [3.05, 3.63) is 59.1 Å². The molecule has 1 saturated heterocycles. The van der Waals surface area contributed by atoms with Gasteiger partial charge in [-0.2, -0.15) is 0 Å².